The number of benzene rings is 1. The maximum absolute atomic E-state index is 13.4. The third kappa shape index (κ3) is 0.843. The molecule has 0 aliphatic carbocycles. The maximum Gasteiger partial charge on any atom is 0.139 e. The summed E-state index contributed by atoms with van der Waals surface area (Å²) in [6.45, 7) is 3.67. The van der Waals surface area contributed by atoms with Crippen LogP contribution < -0.4 is 0 Å². The summed E-state index contributed by atoms with van der Waals surface area (Å²) in [5, 5.41) is 0.576. The summed E-state index contributed by atoms with van der Waals surface area (Å²) in [6, 6.07) is 3.45. The van der Waals surface area contributed by atoms with Crippen LogP contribution in [0.5, 0.6) is 0 Å². The lowest BCUT2D eigenvalue weighted by atomic mass is 10.1. The molecule has 0 unspecified atom stereocenters. The molecule has 0 bridgehead atoms. The first-order valence-corrected chi connectivity index (χ1v) is 3.83. The van der Waals surface area contributed by atoms with E-state index >= 15 is 0 Å². The van der Waals surface area contributed by atoms with Crippen molar-refractivity contribution in [2.75, 3.05) is 0 Å². The van der Waals surface area contributed by atoms with Crippen LogP contribution in [0.3, 0.4) is 0 Å². The molecule has 0 aliphatic rings. The lowest BCUT2D eigenvalue weighted by Gasteiger charge is -1.99. The second kappa shape index (κ2) is 2.34. The van der Waals surface area contributed by atoms with Gasteiger partial charge >= 0.3 is 0 Å². The van der Waals surface area contributed by atoms with Crippen LogP contribution >= 0.6 is 0 Å². The Morgan fingerprint density at radius 1 is 1.25 bits per heavy atom. The number of rotatable bonds is 0. The molecule has 0 saturated carbocycles. The van der Waals surface area contributed by atoms with Crippen molar-refractivity contribution in [3.05, 3.63) is 35.3 Å². The Morgan fingerprint density at radius 2 is 2.00 bits per heavy atom. The zero-order valence-electron chi connectivity index (χ0n) is 7.02. The minimum absolute atomic E-state index is 0.177. The molecule has 0 amide bonds. The van der Waals surface area contributed by atoms with Gasteiger partial charge in [0.25, 0.3) is 0 Å². The molecule has 2 rings (SSSR count). The Balaban J connectivity index is 2.97. The predicted octanol–water partition coefficient (Wildman–Crippen LogP) is 3.19. The van der Waals surface area contributed by atoms with Gasteiger partial charge < -0.3 is 4.42 Å². The van der Waals surface area contributed by atoms with Crippen molar-refractivity contribution in [3.8, 4) is 0 Å². The van der Waals surface area contributed by atoms with E-state index in [4.69, 9.17) is 4.42 Å². The van der Waals surface area contributed by atoms with Crippen LogP contribution in [0.4, 0.5) is 4.39 Å². The number of hydrogen-bond donors (Lipinski definition) is 0. The molecule has 1 aromatic heterocycles. The third-order valence-electron chi connectivity index (χ3n) is 2.04. The van der Waals surface area contributed by atoms with Crippen molar-refractivity contribution in [2.45, 2.75) is 13.8 Å². The van der Waals surface area contributed by atoms with Gasteiger partial charge in [-0.25, -0.2) is 4.39 Å². The van der Waals surface area contributed by atoms with Crippen molar-refractivity contribution in [1.29, 1.82) is 0 Å². The largest absolute Gasteiger partial charge is 0.464 e. The Labute approximate surface area is 69.8 Å². The zero-order valence-corrected chi connectivity index (χ0v) is 7.02. The predicted molar refractivity (Wildman–Crippen MR) is 45.6 cm³/mol. The molecule has 0 fully saturated rings. The molecule has 62 valence electrons. The number of fused-ring (bicyclic) bond motifs is 1. The second-order valence-electron chi connectivity index (χ2n) is 2.99. The summed E-state index contributed by atoms with van der Waals surface area (Å²) in [5.41, 5.74) is 2.30. The third-order valence-corrected chi connectivity index (χ3v) is 2.04. The summed E-state index contributed by atoms with van der Waals surface area (Å²) >= 11 is 0. The highest BCUT2D eigenvalue weighted by atomic mass is 19.1. The van der Waals surface area contributed by atoms with Crippen molar-refractivity contribution < 1.29 is 8.81 Å². The van der Waals surface area contributed by atoms with Crippen molar-refractivity contribution in [3.63, 3.8) is 0 Å². The molecular weight excluding hydrogens is 155 g/mol. The average molecular weight is 164 g/mol. The van der Waals surface area contributed by atoms with Gasteiger partial charge in [0.1, 0.15) is 11.4 Å². The summed E-state index contributed by atoms with van der Waals surface area (Å²) in [7, 11) is 0. The molecule has 1 aromatic carbocycles. The van der Waals surface area contributed by atoms with E-state index in [1.807, 2.05) is 6.92 Å². The minimum atomic E-state index is -0.177. The fourth-order valence-corrected chi connectivity index (χ4v) is 1.45. The molecule has 0 N–H and O–H groups in total. The fourth-order valence-electron chi connectivity index (χ4n) is 1.45. The highest BCUT2D eigenvalue weighted by Crippen LogP contribution is 2.24. The first kappa shape index (κ1) is 7.35. The molecule has 12 heavy (non-hydrogen) atoms. The van der Waals surface area contributed by atoms with Crippen LogP contribution in [0.25, 0.3) is 11.0 Å². The van der Waals surface area contributed by atoms with E-state index in [-0.39, 0.29) is 5.82 Å². The molecular formula is C10H9FO. The van der Waals surface area contributed by atoms with E-state index in [9.17, 15) is 4.39 Å². The molecule has 0 atom stereocenters. The fraction of sp³-hybridized carbons (Fsp3) is 0.200. The number of furan rings is 1. The van der Waals surface area contributed by atoms with Crippen molar-refractivity contribution >= 4 is 11.0 Å². The summed E-state index contributed by atoms with van der Waals surface area (Å²) in [5.74, 6) is -0.177. The summed E-state index contributed by atoms with van der Waals surface area (Å²) in [6.07, 6.45) is 1.51. The van der Waals surface area contributed by atoms with E-state index in [1.54, 1.807) is 19.1 Å². The molecule has 0 aliphatic heterocycles. The molecule has 2 heteroatoms. The number of halogens is 1. The Bertz CT molecular complexity index is 429. The quantitative estimate of drug-likeness (QED) is 0.582. The monoisotopic (exact) mass is 164 g/mol. The second-order valence-corrected chi connectivity index (χ2v) is 2.99. The molecule has 0 saturated heterocycles. The van der Waals surface area contributed by atoms with Crippen LogP contribution in [0.1, 0.15) is 11.1 Å². The van der Waals surface area contributed by atoms with E-state index in [2.05, 4.69) is 0 Å². The number of aryl methyl sites for hydroxylation is 2. The molecule has 0 radical (unpaired) electrons. The highest BCUT2D eigenvalue weighted by molar-refractivity contribution is 5.81. The van der Waals surface area contributed by atoms with Gasteiger partial charge in [0.05, 0.1) is 11.6 Å². The van der Waals surface area contributed by atoms with Gasteiger partial charge in [0.2, 0.25) is 0 Å². The standard InChI is InChI=1S/C10H9FO/c1-6-5-7(2)10-8(9(6)11)3-4-12-10/h3-5H,1-2H3. The van der Waals surface area contributed by atoms with E-state index in [0.29, 0.717) is 16.5 Å². The smallest absolute Gasteiger partial charge is 0.139 e. The van der Waals surface area contributed by atoms with Gasteiger partial charge in [-0.1, -0.05) is 0 Å². The van der Waals surface area contributed by atoms with Gasteiger partial charge in [-0.2, -0.15) is 0 Å². The topological polar surface area (TPSA) is 13.1 Å². The molecule has 0 spiro atoms. The maximum atomic E-state index is 13.4. The van der Waals surface area contributed by atoms with Crippen LogP contribution in [0.2, 0.25) is 0 Å². The Morgan fingerprint density at radius 3 is 2.75 bits per heavy atom. The van der Waals surface area contributed by atoms with E-state index in [0.717, 1.165) is 5.56 Å². The SMILES string of the molecule is Cc1cc(C)c2occc2c1F. The lowest BCUT2D eigenvalue weighted by Crippen LogP contribution is -1.84. The van der Waals surface area contributed by atoms with E-state index < -0.39 is 0 Å². The van der Waals surface area contributed by atoms with Gasteiger partial charge in [0, 0.05) is 0 Å². The van der Waals surface area contributed by atoms with Gasteiger partial charge in [-0.15, -0.1) is 0 Å². The van der Waals surface area contributed by atoms with Gasteiger partial charge in [0.15, 0.2) is 0 Å². The number of hydrogen-bond acceptors (Lipinski definition) is 1. The van der Waals surface area contributed by atoms with Crippen LogP contribution in [0, 0.1) is 19.7 Å². The van der Waals surface area contributed by atoms with Gasteiger partial charge in [-0.05, 0) is 37.1 Å². The molecule has 1 nitrogen and oxygen atoms in total. The minimum Gasteiger partial charge on any atom is -0.464 e. The van der Waals surface area contributed by atoms with Gasteiger partial charge in [-0.3, -0.25) is 0 Å². The van der Waals surface area contributed by atoms with Crippen LogP contribution in [-0.2, 0) is 0 Å². The Hall–Kier alpha value is -1.31. The van der Waals surface area contributed by atoms with Crippen molar-refractivity contribution in [2.24, 2.45) is 0 Å². The van der Waals surface area contributed by atoms with Crippen LogP contribution in [-0.4, -0.2) is 0 Å². The average Bonchev–Trinajstić information content (AvgIpc) is 2.48. The highest BCUT2D eigenvalue weighted by Gasteiger charge is 2.08. The normalized spacial score (nSPS) is 10.9. The lowest BCUT2D eigenvalue weighted by molar-refractivity contribution is 0.605. The first-order valence-electron chi connectivity index (χ1n) is 3.83. The van der Waals surface area contributed by atoms with Crippen LogP contribution in [0.15, 0.2) is 22.8 Å². The zero-order chi connectivity index (χ0) is 8.72. The summed E-state index contributed by atoms with van der Waals surface area (Å²) in [4.78, 5) is 0. The first-order chi connectivity index (χ1) is 5.70. The van der Waals surface area contributed by atoms with Crippen molar-refractivity contribution in [1.82, 2.24) is 0 Å². The molecule has 1 heterocycles. The molecule has 2 aromatic rings. The van der Waals surface area contributed by atoms with E-state index in [1.165, 1.54) is 6.26 Å². The summed E-state index contributed by atoms with van der Waals surface area (Å²) < 4.78 is 18.5. The Kier molecular flexibility index (Phi) is 1.43.